The molecule has 6 heteroatoms. The van der Waals surface area contributed by atoms with Crippen molar-refractivity contribution in [3.63, 3.8) is 0 Å². The minimum atomic E-state index is -0.535. The molecule has 0 spiro atoms. The number of aliphatic hydroxyl groups excluding tert-OH is 1. The van der Waals surface area contributed by atoms with Crippen molar-refractivity contribution in [1.29, 1.82) is 0 Å². The number of rotatable bonds is 6. The van der Waals surface area contributed by atoms with E-state index in [1.807, 2.05) is 26.8 Å². The Bertz CT molecular complexity index is 648. The van der Waals surface area contributed by atoms with Crippen molar-refractivity contribution >= 4 is 5.91 Å². The molecule has 0 unspecified atom stereocenters. The van der Waals surface area contributed by atoms with Gasteiger partial charge in [0.25, 0.3) is 0 Å². The fourth-order valence-corrected chi connectivity index (χ4v) is 4.36. The van der Waals surface area contributed by atoms with E-state index in [-0.39, 0.29) is 18.4 Å². The summed E-state index contributed by atoms with van der Waals surface area (Å²) in [5.41, 5.74) is 1.71. The highest BCUT2D eigenvalue weighted by Crippen LogP contribution is 2.25. The second-order valence-corrected chi connectivity index (χ2v) is 9.12. The summed E-state index contributed by atoms with van der Waals surface area (Å²) in [6.07, 6.45) is 4.22. The molecule has 2 aliphatic heterocycles. The predicted octanol–water partition coefficient (Wildman–Crippen LogP) is 1.95. The standard InChI is InChI=1S/C22H36N4O2/c1-17-5-4-6-19(23-17)15-25-11-9-20(10-12-25)26-13-7-18(8-14-26)21(28)24-22(2,3)16-27/h4-6,18,20,27H,7-16H2,1-3H3,(H,24,28). The van der Waals surface area contributed by atoms with Crippen molar-refractivity contribution in [1.82, 2.24) is 20.1 Å². The van der Waals surface area contributed by atoms with E-state index in [1.165, 1.54) is 12.8 Å². The molecule has 0 radical (unpaired) electrons. The Morgan fingerprint density at radius 1 is 1.18 bits per heavy atom. The van der Waals surface area contributed by atoms with Gasteiger partial charge >= 0.3 is 0 Å². The lowest BCUT2D eigenvalue weighted by molar-refractivity contribution is -0.128. The van der Waals surface area contributed by atoms with Crippen molar-refractivity contribution < 1.29 is 9.90 Å². The number of hydrogen-bond donors (Lipinski definition) is 2. The zero-order valence-corrected chi connectivity index (χ0v) is 17.7. The molecule has 6 nitrogen and oxygen atoms in total. The molecule has 1 aromatic rings. The van der Waals surface area contributed by atoms with E-state index < -0.39 is 5.54 Å². The molecule has 1 amide bonds. The van der Waals surface area contributed by atoms with Crippen LogP contribution in [0.2, 0.25) is 0 Å². The van der Waals surface area contributed by atoms with Crippen LogP contribution in [-0.2, 0) is 11.3 Å². The number of nitrogens with one attached hydrogen (secondary N) is 1. The number of pyridine rings is 1. The largest absolute Gasteiger partial charge is 0.394 e. The summed E-state index contributed by atoms with van der Waals surface area (Å²) in [6, 6.07) is 6.89. The summed E-state index contributed by atoms with van der Waals surface area (Å²) >= 11 is 0. The number of carbonyl (C=O) groups excluding carboxylic acids is 1. The van der Waals surface area contributed by atoms with Crippen LogP contribution in [0.5, 0.6) is 0 Å². The first kappa shape index (κ1) is 21.2. The molecule has 0 aliphatic carbocycles. The number of carbonyl (C=O) groups is 1. The van der Waals surface area contributed by atoms with Crippen molar-refractivity contribution in [2.45, 2.75) is 64.6 Å². The molecule has 3 rings (SSSR count). The van der Waals surface area contributed by atoms with Crippen LogP contribution in [0.15, 0.2) is 18.2 Å². The molecule has 2 fully saturated rings. The predicted molar refractivity (Wildman–Crippen MR) is 111 cm³/mol. The van der Waals surface area contributed by atoms with Crippen molar-refractivity contribution in [2.75, 3.05) is 32.8 Å². The number of piperidine rings is 2. The Morgan fingerprint density at radius 3 is 2.46 bits per heavy atom. The van der Waals surface area contributed by atoms with Gasteiger partial charge in [-0.1, -0.05) is 6.07 Å². The van der Waals surface area contributed by atoms with Gasteiger partial charge in [-0.25, -0.2) is 0 Å². The summed E-state index contributed by atoms with van der Waals surface area (Å²) in [4.78, 5) is 22.2. The molecule has 3 heterocycles. The molecule has 0 atom stereocenters. The SMILES string of the molecule is Cc1cccc(CN2CCC(N3CCC(C(=O)NC(C)(C)CO)CC3)CC2)n1. The maximum atomic E-state index is 12.4. The van der Waals surface area contributed by atoms with Gasteiger partial charge in [0.05, 0.1) is 17.8 Å². The Hall–Kier alpha value is -1.50. The number of aliphatic hydroxyl groups is 1. The molecular formula is C22H36N4O2. The number of hydrogen-bond acceptors (Lipinski definition) is 5. The smallest absolute Gasteiger partial charge is 0.223 e. The third-order valence-electron chi connectivity index (χ3n) is 6.16. The van der Waals surface area contributed by atoms with Crippen molar-refractivity contribution in [3.8, 4) is 0 Å². The Kier molecular flexibility index (Phi) is 7.07. The van der Waals surface area contributed by atoms with E-state index in [0.29, 0.717) is 6.04 Å². The maximum absolute atomic E-state index is 12.4. The maximum Gasteiger partial charge on any atom is 0.223 e. The van der Waals surface area contributed by atoms with Gasteiger partial charge in [0.1, 0.15) is 0 Å². The molecule has 156 valence electrons. The average molecular weight is 389 g/mol. The first-order valence-corrected chi connectivity index (χ1v) is 10.7. The molecule has 0 aromatic carbocycles. The third-order valence-corrected chi connectivity index (χ3v) is 6.16. The van der Waals surface area contributed by atoms with Crippen molar-refractivity contribution in [2.24, 2.45) is 5.92 Å². The van der Waals surface area contributed by atoms with E-state index in [2.05, 4.69) is 32.2 Å². The number of amides is 1. The Morgan fingerprint density at radius 2 is 1.86 bits per heavy atom. The molecule has 2 N–H and O–H groups in total. The van der Waals surface area contributed by atoms with Crippen LogP contribution in [-0.4, -0.2) is 70.2 Å². The highest BCUT2D eigenvalue weighted by molar-refractivity contribution is 5.79. The van der Waals surface area contributed by atoms with Gasteiger partial charge < -0.3 is 15.3 Å². The monoisotopic (exact) mass is 388 g/mol. The van der Waals surface area contributed by atoms with Crippen LogP contribution in [0.4, 0.5) is 0 Å². The Balaban J connectivity index is 1.41. The van der Waals surface area contributed by atoms with Gasteiger partial charge in [0.2, 0.25) is 5.91 Å². The third kappa shape index (κ3) is 5.75. The van der Waals surface area contributed by atoms with E-state index in [0.717, 1.165) is 57.0 Å². The fourth-order valence-electron chi connectivity index (χ4n) is 4.36. The number of aryl methyl sites for hydroxylation is 1. The number of nitrogens with zero attached hydrogens (tertiary/aromatic N) is 3. The molecular weight excluding hydrogens is 352 g/mol. The molecule has 28 heavy (non-hydrogen) atoms. The summed E-state index contributed by atoms with van der Waals surface area (Å²) < 4.78 is 0. The molecule has 0 bridgehead atoms. The van der Waals surface area contributed by atoms with Crippen molar-refractivity contribution in [3.05, 3.63) is 29.6 Å². The van der Waals surface area contributed by atoms with Gasteiger partial charge in [-0.15, -0.1) is 0 Å². The van der Waals surface area contributed by atoms with Crippen LogP contribution in [0.3, 0.4) is 0 Å². The summed E-state index contributed by atoms with van der Waals surface area (Å²) in [6.45, 7) is 10.9. The topological polar surface area (TPSA) is 68.7 Å². The van der Waals surface area contributed by atoms with Crippen LogP contribution >= 0.6 is 0 Å². The van der Waals surface area contributed by atoms with Gasteiger partial charge in [-0.2, -0.15) is 0 Å². The lowest BCUT2D eigenvalue weighted by Crippen LogP contribution is -2.52. The zero-order valence-electron chi connectivity index (χ0n) is 17.7. The molecule has 2 aliphatic rings. The van der Waals surface area contributed by atoms with Gasteiger partial charge in [-0.3, -0.25) is 14.7 Å². The first-order valence-electron chi connectivity index (χ1n) is 10.7. The summed E-state index contributed by atoms with van der Waals surface area (Å²) in [5, 5.41) is 12.3. The first-order chi connectivity index (χ1) is 13.4. The minimum absolute atomic E-state index is 0.0335. The lowest BCUT2D eigenvalue weighted by Gasteiger charge is -2.41. The van der Waals surface area contributed by atoms with Crippen LogP contribution in [0.25, 0.3) is 0 Å². The zero-order chi connectivity index (χ0) is 20.1. The molecule has 0 saturated carbocycles. The number of aromatic nitrogens is 1. The average Bonchev–Trinajstić information content (AvgIpc) is 2.68. The second-order valence-electron chi connectivity index (χ2n) is 9.12. The van der Waals surface area contributed by atoms with Crippen LogP contribution < -0.4 is 5.32 Å². The number of likely N-dealkylation sites (tertiary alicyclic amines) is 2. The lowest BCUT2D eigenvalue weighted by atomic mass is 9.92. The van der Waals surface area contributed by atoms with Gasteiger partial charge in [-0.05, 0) is 71.7 Å². The second kappa shape index (κ2) is 9.33. The summed E-state index contributed by atoms with van der Waals surface area (Å²) in [5.74, 6) is 0.175. The van der Waals surface area contributed by atoms with Gasteiger partial charge in [0, 0.05) is 37.3 Å². The minimum Gasteiger partial charge on any atom is -0.394 e. The Labute approximate surface area is 169 Å². The summed E-state index contributed by atoms with van der Waals surface area (Å²) in [7, 11) is 0. The van der Waals surface area contributed by atoms with E-state index in [9.17, 15) is 9.90 Å². The van der Waals surface area contributed by atoms with E-state index >= 15 is 0 Å². The molecule has 1 aromatic heterocycles. The fraction of sp³-hybridized carbons (Fsp3) is 0.727. The normalized spacial score (nSPS) is 21.0. The van der Waals surface area contributed by atoms with E-state index in [4.69, 9.17) is 0 Å². The molecule has 2 saturated heterocycles. The van der Waals surface area contributed by atoms with Crippen LogP contribution in [0.1, 0.15) is 50.9 Å². The van der Waals surface area contributed by atoms with Crippen LogP contribution in [0, 0.1) is 12.8 Å². The quantitative estimate of drug-likeness (QED) is 0.780. The highest BCUT2D eigenvalue weighted by atomic mass is 16.3. The van der Waals surface area contributed by atoms with E-state index in [1.54, 1.807) is 0 Å². The van der Waals surface area contributed by atoms with Gasteiger partial charge in [0.15, 0.2) is 0 Å². The highest BCUT2D eigenvalue weighted by Gasteiger charge is 2.32.